The van der Waals surface area contributed by atoms with Gasteiger partial charge in [0.1, 0.15) is 11.9 Å². The van der Waals surface area contributed by atoms with Crippen LogP contribution in [-0.4, -0.2) is 16.3 Å². The Morgan fingerprint density at radius 1 is 1.32 bits per heavy atom. The summed E-state index contributed by atoms with van der Waals surface area (Å²) in [6, 6.07) is 11.9. The Morgan fingerprint density at radius 3 is 2.72 bits per heavy atom. The lowest BCUT2D eigenvalue weighted by Crippen LogP contribution is -2.34. The number of benzene rings is 2. The van der Waals surface area contributed by atoms with E-state index in [4.69, 9.17) is 10.6 Å². The van der Waals surface area contributed by atoms with Crippen LogP contribution in [0.25, 0.3) is 5.70 Å². The summed E-state index contributed by atoms with van der Waals surface area (Å²) in [5.74, 6) is -0.301. The second-order valence-corrected chi connectivity index (χ2v) is 5.76. The molecule has 0 aliphatic carbocycles. The maximum Gasteiger partial charge on any atom is 0.339 e. The first-order valence-corrected chi connectivity index (χ1v) is 7.72. The van der Waals surface area contributed by atoms with Gasteiger partial charge in [-0.2, -0.15) is 5.06 Å². The Labute approximate surface area is 144 Å². The fraction of sp³-hybridized carbons (Fsp3) is 0.167. The van der Waals surface area contributed by atoms with Gasteiger partial charge in [0.2, 0.25) is 0 Å². The third-order valence-corrected chi connectivity index (χ3v) is 4.08. The van der Waals surface area contributed by atoms with Gasteiger partial charge >= 0.3 is 6.03 Å². The van der Waals surface area contributed by atoms with Gasteiger partial charge in [-0.3, -0.25) is 15.5 Å². The molecule has 1 aliphatic heterocycles. The summed E-state index contributed by atoms with van der Waals surface area (Å²) in [5, 5.41) is 10.2. The lowest BCUT2D eigenvalue weighted by molar-refractivity contribution is -0.0710. The van der Waals surface area contributed by atoms with Crippen LogP contribution in [0.1, 0.15) is 35.8 Å². The van der Waals surface area contributed by atoms with Crippen molar-refractivity contribution in [2.24, 2.45) is 5.73 Å². The number of halogens is 1. The van der Waals surface area contributed by atoms with Gasteiger partial charge in [-0.25, -0.2) is 9.18 Å². The number of nitrogens with one attached hydrogen (secondary N) is 1. The van der Waals surface area contributed by atoms with E-state index in [9.17, 15) is 14.4 Å². The van der Waals surface area contributed by atoms with Crippen LogP contribution in [0, 0.1) is 5.82 Å². The number of rotatable bonds is 4. The van der Waals surface area contributed by atoms with Crippen molar-refractivity contribution in [1.29, 1.82) is 0 Å². The first-order valence-electron chi connectivity index (χ1n) is 7.72. The Hall–Kier alpha value is -2.90. The minimum absolute atomic E-state index is 0.301. The molecule has 0 bridgehead atoms. The fourth-order valence-corrected chi connectivity index (χ4v) is 2.62. The molecule has 2 aromatic carbocycles. The number of nitrogens with zero attached hydrogens (tertiary/aromatic N) is 1. The highest BCUT2D eigenvalue weighted by molar-refractivity contribution is 5.71. The van der Waals surface area contributed by atoms with Crippen molar-refractivity contribution in [2.45, 2.75) is 19.1 Å². The van der Waals surface area contributed by atoms with Gasteiger partial charge in [-0.15, -0.1) is 0 Å². The third kappa shape index (κ3) is 3.62. The van der Waals surface area contributed by atoms with Gasteiger partial charge in [-0.1, -0.05) is 24.3 Å². The highest BCUT2D eigenvalue weighted by Gasteiger charge is 2.22. The summed E-state index contributed by atoms with van der Waals surface area (Å²) in [7, 11) is 0. The number of amides is 2. The minimum atomic E-state index is -0.921. The number of primary amides is 1. The quantitative estimate of drug-likeness (QED) is 0.587. The molecule has 0 radical (unpaired) electrons. The Balaban J connectivity index is 1.82. The molecule has 0 spiro atoms. The molecular formula is C18H18FN3O3. The second-order valence-electron chi connectivity index (χ2n) is 5.76. The van der Waals surface area contributed by atoms with E-state index in [0.29, 0.717) is 10.6 Å². The second kappa shape index (κ2) is 6.92. The molecule has 3 rings (SSSR count). The highest BCUT2D eigenvalue weighted by Crippen LogP contribution is 2.30. The van der Waals surface area contributed by atoms with Crippen molar-refractivity contribution in [2.75, 3.05) is 0 Å². The zero-order valence-corrected chi connectivity index (χ0v) is 13.5. The van der Waals surface area contributed by atoms with E-state index in [1.54, 1.807) is 25.1 Å². The highest BCUT2D eigenvalue weighted by atomic mass is 19.1. The predicted octanol–water partition coefficient (Wildman–Crippen LogP) is 3.27. The maximum atomic E-state index is 13.0. The van der Waals surface area contributed by atoms with Gasteiger partial charge in [0, 0.05) is 0 Å². The maximum absolute atomic E-state index is 13.0. The largest absolute Gasteiger partial charge is 0.350 e. The molecule has 130 valence electrons. The molecule has 7 heteroatoms. The van der Waals surface area contributed by atoms with Crippen LogP contribution in [0.2, 0.25) is 0 Å². The predicted molar refractivity (Wildman–Crippen MR) is 89.4 cm³/mol. The van der Waals surface area contributed by atoms with Crippen LogP contribution in [0.5, 0.6) is 0 Å². The zero-order chi connectivity index (χ0) is 18.0. The van der Waals surface area contributed by atoms with Crippen LogP contribution in [0.15, 0.2) is 54.6 Å². The van der Waals surface area contributed by atoms with Crippen molar-refractivity contribution in [1.82, 2.24) is 10.5 Å². The zero-order valence-electron chi connectivity index (χ0n) is 13.5. The Kier molecular flexibility index (Phi) is 4.69. The number of hydroxylamine groups is 3. The number of nitrogens with two attached hydrogens (primary N) is 1. The van der Waals surface area contributed by atoms with Crippen LogP contribution < -0.4 is 11.2 Å². The lowest BCUT2D eigenvalue weighted by atomic mass is 10.0. The summed E-state index contributed by atoms with van der Waals surface area (Å²) in [4.78, 5) is 16.7. The summed E-state index contributed by atoms with van der Waals surface area (Å²) >= 11 is 0. The van der Waals surface area contributed by atoms with E-state index < -0.39 is 12.1 Å². The van der Waals surface area contributed by atoms with E-state index in [1.807, 2.05) is 24.3 Å². The van der Waals surface area contributed by atoms with Gasteiger partial charge in [0.15, 0.2) is 0 Å². The summed E-state index contributed by atoms with van der Waals surface area (Å²) in [6.07, 6.45) is 1.52. The summed E-state index contributed by atoms with van der Waals surface area (Å²) in [5.41, 5.74) is 11.0. The number of hydrogen-bond donors (Lipinski definition) is 3. The first kappa shape index (κ1) is 16.9. The lowest BCUT2D eigenvalue weighted by Gasteiger charge is -2.21. The molecule has 4 N–H and O–H groups in total. The average Bonchev–Trinajstić information content (AvgIpc) is 3.11. The molecule has 0 saturated heterocycles. The standard InChI is InChI=1S/C18H18FN3O3/c1-11(22(24)18(20)23)13-3-2-4-14(9-13)17-10-16(21-25-17)12-5-7-15(19)8-6-12/h2-11,17,21,24H,1H3,(H2,20,23). The molecule has 0 aromatic heterocycles. The van der Waals surface area contributed by atoms with Gasteiger partial charge < -0.3 is 5.73 Å². The monoisotopic (exact) mass is 343 g/mol. The summed E-state index contributed by atoms with van der Waals surface area (Å²) < 4.78 is 13.0. The molecule has 2 atom stereocenters. The number of carbonyl (C=O) groups excluding carboxylic acids is 1. The normalized spacial score (nSPS) is 17.6. The number of carbonyl (C=O) groups is 1. The SMILES string of the molecule is CC(c1cccc(C2C=C(c3ccc(F)cc3)NO2)c1)N(O)C(N)=O. The Bertz CT molecular complexity index is 807. The van der Waals surface area contributed by atoms with Crippen molar-refractivity contribution < 1.29 is 19.2 Å². The van der Waals surface area contributed by atoms with E-state index in [2.05, 4.69) is 5.48 Å². The first-order chi connectivity index (χ1) is 12.0. The van der Waals surface area contributed by atoms with Crippen LogP contribution in [0.3, 0.4) is 0 Å². The van der Waals surface area contributed by atoms with Crippen LogP contribution >= 0.6 is 0 Å². The van der Waals surface area contributed by atoms with Crippen molar-refractivity contribution in [3.05, 3.63) is 77.1 Å². The number of hydrogen-bond acceptors (Lipinski definition) is 4. The molecule has 1 heterocycles. The molecule has 1 aliphatic rings. The molecule has 2 amide bonds. The van der Waals surface area contributed by atoms with Crippen molar-refractivity contribution in [3.63, 3.8) is 0 Å². The summed E-state index contributed by atoms with van der Waals surface area (Å²) in [6.45, 7) is 1.66. The fourth-order valence-electron chi connectivity index (χ4n) is 2.62. The Morgan fingerprint density at radius 2 is 2.04 bits per heavy atom. The van der Waals surface area contributed by atoms with E-state index in [-0.39, 0.29) is 11.9 Å². The molecule has 0 saturated carbocycles. The number of urea groups is 1. The molecule has 2 aromatic rings. The van der Waals surface area contributed by atoms with Gasteiger partial charge in [-0.05, 0) is 54.0 Å². The van der Waals surface area contributed by atoms with E-state index in [0.717, 1.165) is 16.8 Å². The van der Waals surface area contributed by atoms with E-state index >= 15 is 0 Å². The van der Waals surface area contributed by atoms with Gasteiger partial charge in [0.05, 0.1) is 11.7 Å². The van der Waals surface area contributed by atoms with Crippen molar-refractivity contribution >= 4 is 11.7 Å². The van der Waals surface area contributed by atoms with E-state index in [1.165, 1.54) is 12.1 Å². The molecule has 0 fully saturated rings. The van der Waals surface area contributed by atoms with Crippen LogP contribution in [0.4, 0.5) is 9.18 Å². The minimum Gasteiger partial charge on any atom is -0.350 e. The smallest absolute Gasteiger partial charge is 0.339 e. The molecular weight excluding hydrogens is 325 g/mol. The molecule has 2 unspecified atom stereocenters. The van der Waals surface area contributed by atoms with Crippen molar-refractivity contribution in [3.8, 4) is 0 Å². The molecule has 6 nitrogen and oxygen atoms in total. The molecule has 25 heavy (non-hydrogen) atoms. The average molecular weight is 343 g/mol. The van der Waals surface area contributed by atoms with Crippen LogP contribution in [-0.2, 0) is 4.84 Å². The van der Waals surface area contributed by atoms with Gasteiger partial charge in [0.25, 0.3) is 0 Å². The topological polar surface area (TPSA) is 87.8 Å². The third-order valence-electron chi connectivity index (χ3n) is 4.08.